The van der Waals surface area contributed by atoms with Crippen molar-refractivity contribution in [3.8, 4) is 0 Å². The van der Waals surface area contributed by atoms with Crippen molar-refractivity contribution in [1.29, 1.82) is 0 Å². The second-order valence-corrected chi connectivity index (χ2v) is 7.95. The molecule has 1 aliphatic rings. The smallest absolute Gasteiger partial charge is 0.242 e. The molecule has 0 spiro atoms. The summed E-state index contributed by atoms with van der Waals surface area (Å²) in [7, 11) is 0. The molecule has 1 aliphatic heterocycles. The zero-order valence-electron chi connectivity index (χ0n) is 14.2. The van der Waals surface area contributed by atoms with E-state index in [1.807, 2.05) is 47.8 Å². The number of hydrogen-bond acceptors (Lipinski definition) is 5. The molecule has 1 aromatic carbocycles. The minimum absolute atomic E-state index is 0.0423. The fourth-order valence-corrected chi connectivity index (χ4v) is 4.29. The van der Waals surface area contributed by atoms with E-state index in [1.54, 1.807) is 22.5 Å². The maximum absolute atomic E-state index is 12.8. The van der Waals surface area contributed by atoms with Gasteiger partial charge in [0.1, 0.15) is 0 Å². The Morgan fingerprint density at radius 1 is 1.20 bits per heavy atom. The first-order valence-corrected chi connectivity index (χ1v) is 10.2. The number of unbranched alkanes of at least 4 members (excludes halogenated alkanes) is 1. The van der Waals surface area contributed by atoms with Crippen LogP contribution >= 0.6 is 23.1 Å². The van der Waals surface area contributed by atoms with Crippen molar-refractivity contribution < 1.29 is 4.79 Å². The molecule has 0 radical (unpaired) electrons. The number of thiophene rings is 1. The van der Waals surface area contributed by atoms with E-state index >= 15 is 0 Å². The molecule has 130 valence electrons. The van der Waals surface area contributed by atoms with Crippen LogP contribution in [0.25, 0.3) is 0 Å². The van der Waals surface area contributed by atoms with Crippen molar-refractivity contribution >= 4 is 40.4 Å². The van der Waals surface area contributed by atoms with Crippen LogP contribution in [0.4, 0.5) is 0 Å². The lowest BCUT2D eigenvalue weighted by Gasteiger charge is -2.15. The Balaban J connectivity index is 1.77. The minimum atomic E-state index is -0.0423. The monoisotopic (exact) mass is 371 g/mol. The van der Waals surface area contributed by atoms with Crippen LogP contribution in [-0.2, 0) is 11.3 Å². The lowest BCUT2D eigenvalue weighted by molar-refractivity contribution is -0.126. The standard InChI is InChI=1S/C19H21N3OS2/c1-2-3-11-17-18(23)22(14-15-8-5-4-6-9-15)19(25-17)21-20-13-16-10-7-12-24-16/h4-10,12-13,17H,2-3,11,14H2,1H3. The summed E-state index contributed by atoms with van der Waals surface area (Å²) in [5, 5.41) is 11.2. The molecule has 3 rings (SSSR count). The molecule has 0 N–H and O–H groups in total. The van der Waals surface area contributed by atoms with Crippen LogP contribution in [-0.4, -0.2) is 27.4 Å². The van der Waals surface area contributed by atoms with Gasteiger partial charge in [0.15, 0.2) is 5.17 Å². The number of benzene rings is 1. The number of rotatable bonds is 7. The summed E-state index contributed by atoms with van der Waals surface area (Å²) in [4.78, 5) is 15.6. The molecular weight excluding hydrogens is 350 g/mol. The van der Waals surface area contributed by atoms with Crippen LogP contribution < -0.4 is 0 Å². The van der Waals surface area contributed by atoms with Gasteiger partial charge < -0.3 is 0 Å². The van der Waals surface area contributed by atoms with E-state index in [2.05, 4.69) is 17.1 Å². The van der Waals surface area contributed by atoms with Gasteiger partial charge in [-0.25, -0.2) is 0 Å². The average Bonchev–Trinajstić information content (AvgIpc) is 3.25. The normalized spacial score (nSPS) is 19.4. The first-order valence-electron chi connectivity index (χ1n) is 8.44. The minimum Gasteiger partial charge on any atom is -0.284 e. The fraction of sp³-hybridized carbons (Fsp3) is 0.316. The van der Waals surface area contributed by atoms with E-state index in [1.165, 1.54) is 11.8 Å². The first kappa shape index (κ1) is 17.9. The van der Waals surface area contributed by atoms with Crippen LogP contribution in [0.2, 0.25) is 0 Å². The maximum Gasteiger partial charge on any atom is 0.242 e. The molecule has 0 bridgehead atoms. The Morgan fingerprint density at radius 2 is 2.04 bits per heavy atom. The molecule has 6 heteroatoms. The molecule has 2 heterocycles. The molecule has 1 atom stereocenters. The van der Waals surface area contributed by atoms with Crippen LogP contribution in [0.15, 0.2) is 58.0 Å². The number of carbonyl (C=O) groups excluding carboxylic acids is 1. The van der Waals surface area contributed by atoms with E-state index in [-0.39, 0.29) is 11.2 Å². The highest BCUT2D eigenvalue weighted by Crippen LogP contribution is 2.32. The van der Waals surface area contributed by atoms with Gasteiger partial charge >= 0.3 is 0 Å². The summed E-state index contributed by atoms with van der Waals surface area (Å²) in [5.41, 5.74) is 1.10. The molecule has 0 saturated carbocycles. The molecular formula is C19H21N3OS2. The summed E-state index contributed by atoms with van der Waals surface area (Å²) in [6.07, 6.45) is 4.77. The Labute approximate surface area is 156 Å². The average molecular weight is 372 g/mol. The van der Waals surface area contributed by atoms with Gasteiger partial charge in [0, 0.05) is 4.88 Å². The molecule has 1 unspecified atom stereocenters. The molecule has 4 nitrogen and oxygen atoms in total. The summed E-state index contributed by atoms with van der Waals surface area (Å²) in [6.45, 7) is 2.69. The molecule has 1 amide bonds. The SMILES string of the molecule is CCCCC1SC(=NN=Cc2cccs2)N(Cc2ccccc2)C1=O. The third-order valence-electron chi connectivity index (χ3n) is 3.89. The highest BCUT2D eigenvalue weighted by atomic mass is 32.2. The fourth-order valence-electron chi connectivity index (χ4n) is 2.57. The van der Waals surface area contributed by atoms with Crippen LogP contribution in [0.3, 0.4) is 0 Å². The predicted octanol–water partition coefficient (Wildman–Crippen LogP) is 4.77. The molecule has 1 fully saturated rings. The van der Waals surface area contributed by atoms with Gasteiger partial charge in [0.2, 0.25) is 5.91 Å². The van der Waals surface area contributed by atoms with E-state index in [0.717, 1.165) is 29.7 Å². The van der Waals surface area contributed by atoms with E-state index in [0.29, 0.717) is 11.7 Å². The van der Waals surface area contributed by atoms with Crippen LogP contribution in [0.1, 0.15) is 36.6 Å². The quantitative estimate of drug-likeness (QED) is 0.520. The van der Waals surface area contributed by atoms with Gasteiger partial charge in [-0.1, -0.05) is 67.9 Å². The third-order valence-corrected chi connectivity index (χ3v) is 5.94. The van der Waals surface area contributed by atoms with Crippen molar-refractivity contribution in [2.24, 2.45) is 10.2 Å². The van der Waals surface area contributed by atoms with Crippen molar-refractivity contribution in [1.82, 2.24) is 4.90 Å². The van der Waals surface area contributed by atoms with Gasteiger partial charge in [0.25, 0.3) is 0 Å². The number of carbonyl (C=O) groups is 1. The Kier molecular flexibility index (Phi) is 6.42. The summed E-state index contributed by atoms with van der Waals surface area (Å²) in [6, 6.07) is 14.0. The van der Waals surface area contributed by atoms with E-state index in [4.69, 9.17) is 0 Å². The first-order chi connectivity index (χ1) is 12.3. The highest BCUT2D eigenvalue weighted by Gasteiger charge is 2.37. The van der Waals surface area contributed by atoms with Gasteiger partial charge in [0.05, 0.1) is 18.0 Å². The lowest BCUT2D eigenvalue weighted by Crippen LogP contribution is -2.31. The van der Waals surface area contributed by atoms with Gasteiger partial charge in [-0.05, 0) is 23.4 Å². The van der Waals surface area contributed by atoms with E-state index < -0.39 is 0 Å². The van der Waals surface area contributed by atoms with Crippen molar-refractivity contribution in [3.63, 3.8) is 0 Å². The van der Waals surface area contributed by atoms with Crippen molar-refractivity contribution in [2.45, 2.75) is 38.0 Å². The van der Waals surface area contributed by atoms with Crippen molar-refractivity contribution in [3.05, 3.63) is 58.3 Å². The second-order valence-electron chi connectivity index (χ2n) is 5.80. The largest absolute Gasteiger partial charge is 0.284 e. The summed E-state index contributed by atoms with van der Waals surface area (Å²) in [5.74, 6) is 0.146. The number of thioether (sulfide) groups is 1. The Morgan fingerprint density at radius 3 is 2.76 bits per heavy atom. The predicted molar refractivity (Wildman–Crippen MR) is 107 cm³/mol. The second kappa shape index (κ2) is 8.97. The molecule has 0 aliphatic carbocycles. The zero-order chi connectivity index (χ0) is 17.5. The Hall–Kier alpha value is -1.92. The van der Waals surface area contributed by atoms with Crippen molar-refractivity contribution in [2.75, 3.05) is 0 Å². The highest BCUT2D eigenvalue weighted by molar-refractivity contribution is 8.15. The topological polar surface area (TPSA) is 45.0 Å². The van der Waals surface area contributed by atoms with E-state index in [9.17, 15) is 4.79 Å². The maximum atomic E-state index is 12.8. The molecule has 2 aromatic rings. The van der Waals surface area contributed by atoms with Gasteiger partial charge in [-0.2, -0.15) is 5.10 Å². The van der Waals surface area contributed by atoms with Gasteiger partial charge in [-0.15, -0.1) is 16.4 Å². The number of nitrogens with zero attached hydrogens (tertiary/aromatic N) is 3. The number of amides is 1. The number of hydrogen-bond donors (Lipinski definition) is 0. The molecule has 1 saturated heterocycles. The van der Waals surface area contributed by atoms with Crippen LogP contribution in [0, 0.1) is 0 Å². The zero-order valence-corrected chi connectivity index (χ0v) is 15.8. The number of amidine groups is 1. The van der Waals surface area contributed by atoms with Gasteiger partial charge in [-0.3, -0.25) is 9.69 Å². The van der Waals surface area contributed by atoms with Crippen LogP contribution in [0.5, 0.6) is 0 Å². The third kappa shape index (κ3) is 4.80. The summed E-state index contributed by atoms with van der Waals surface area (Å²) < 4.78 is 0. The summed E-state index contributed by atoms with van der Waals surface area (Å²) >= 11 is 3.15. The molecule has 1 aromatic heterocycles. The molecule has 25 heavy (non-hydrogen) atoms. The lowest BCUT2D eigenvalue weighted by atomic mass is 10.1. The Bertz CT molecular complexity index is 741.